The Labute approximate surface area is 99.7 Å². The number of carbonyl (C=O) groups excluding carboxylic acids is 1. The van der Waals surface area contributed by atoms with Crippen LogP contribution in [-0.4, -0.2) is 22.9 Å². The van der Waals surface area contributed by atoms with Crippen LogP contribution in [0, 0.1) is 0 Å². The van der Waals surface area contributed by atoms with Crippen molar-refractivity contribution in [1.29, 1.82) is 0 Å². The smallest absolute Gasteiger partial charge is 0.250 e. The van der Waals surface area contributed by atoms with Crippen molar-refractivity contribution in [2.75, 3.05) is 6.54 Å². The lowest BCUT2D eigenvalue weighted by atomic mass is 9.95. The van der Waals surface area contributed by atoms with Crippen molar-refractivity contribution in [3.63, 3.8) is 0 Å². The Morgan fingerprint density at radius 3 is 2.25 bits per heavy atom. The summed E-state index contributed by atoms with van der Waals surface area (Å²) in [4.78, 5) is 14.5. The average molecular weight is 223 g/mol. The zero-order chi connectivity index (χ0) is 12.3. The predicted molar refractivity (Wildman–Crippen MR) is 68.3 cm³/mol. The summed E-state index contributed by atoms with van der Waals surface area (Å²) in [6.45, 7) is 11.4. The summed E-state index contributed by atoms with van der Waals surface area (Å²) in [7, 11) is 0. The molecule has 0 saturated carbocycles. The molecule has 1 fully saturated rings. The first kappa shape index (κ1) is 13.3. The van der Waals surface area contributed by atoms with Gasteiger partial charge in [-0.3, -0.25) is 4.79 Å². The highest BCUT2D eigenvalue weighted by atomic mass is 16.2. The number of amides is 1. The van der Waals surface area contributed by atoms with E-state index in [0.717, 1.165) is 31.4 Å². The van der Waals surface area contributed by atoms with Crippen LogP contribution in [0.4, 0.5) is 0 Å². The highest BCUT2D eigenvalue weighted by Crippen LogP contribution is 2.25. The Balaban J connectivity index is 3.00. The molecule has 1 aliphatic rings. The molecule has 1 amide bonds. The minimum Gasteiger partial charge on any atom is -0.334 e. The summed E-state index contributed by atoms with van der Waals surface area (Å²) in [6, 6.07) is 0. The van der Waals surface area contributed by atoms with Crippen LogP contribution in [0.1, 0.15) is 60.3 Å². The van der Waals surface area contributed by atoms with Gasteiger partial charge in [0.05, 0.1) is 0 Å². The van der Waals surface area contributed by atoms with Gasteiger partial charge in [-0.15, -0.1) is 0 Å². The van der Waals surface area contributed by atoms with Gasteiger partial charge in [0.1, 0.15) is 0 Å². The standard InChI is InChI=1S/C14H25NO/c1-11(2)12-9-7-6-8-10-15(13(12)16)14(3,4)5/h6-10H2,1-5H3. The first-order valence-corrected chi connectivity index (χ1v) is 6.32. The molecule has 0 unspecified atom stereocenters. The lowest BCUT2D eigenvalue weighted by Gasteiger charge is -2.38. The van der Waals surface area contributed by atoms with Gasteiger partial charge in [-0.05, 0) is 53.9 Å². The third kappa shape index (κ3) is 3.10. The molecule has 0 bridgehead atoms. The van der Waals surface area contributed by atoms with E-state index in [9.17, 15) is 4.79 Å². The van der Waals surface area contributed by atoms with Crippen LogP contribution in [-0.2, 0) is 4.79 Å². The Morgan fingerprint density at radius 1 is 1.12 bits per heavy atom. The third-order valence-electron chi connectivity index (χ3n) is 3.23. The first-order chi connectivity index (χ1) is 7.34. The molecule has 0 aliphatic carbocycles. The summed E-state index contributed by atoms with van der Waals surface area (Å²) in [5, 5.41) is 0. The fraction of sp³-hybridized carbons (Fsp3) is 0.786. The van der Waals surface area contributed by atoms with E-state index >= 15 is 0 Å². The van der Waals surface area contributed by atoms with Crippen molar-refractivity contribution >= 4 is 5.91 Å². The summed E-state index contributed by atoms with van der Waals surface area (Å²) in [5.41, 5.74) is 2.16. The van der Waals surface area contributed by atoms with E-state index in [1.165, 1.54) is 12.0 Å². The third-order valence-corrected chi connectivity index (χ3v) is 3.23. The van der Waals surface area contributed by atoms with E-state index < -0.39 is 0 Å². The maximum Gasteiger partial charge on any atom is 0.250 e. The van der Waals surface area contributed by atoms with E-state index in [1.54, 1.807) is 0 Å². The predicted octanol–water partition coefficient (Wildman–Crippen LogP) is 3.52. The number of likely N-dealkylation sites (tertiary alicyclic amines) is 1. The van der Waals surface area contributed by atoms with Gasteiger partial charge in [-0.25, -0.2) is 0 Å². The van der Waals surface area contributed by atoms with Crippen molar-refractivity contribution < 1.29 is 4.79 Å². The van der Waals surface area contributed by atoms with Crippen molar-refractivity contribution in [1.82, 2.24) is 4.90 Å². The van der Waals surface area contributed by atoms with E-state index in [4.69, 9.17) is 0 Å². The van der Waals surface area contributed by atoms with Gasteiger partial charge in [0.15, 0.2) is 0 Å². The van der Waals surface area contributed by atoms with E-state index in [1.807, 2.05) is 4.90 Å². The van der Waals surface area contributed by atoms with Crippen LogP contribution in [0.2, 0.25) is 0 Å². The molecule has 1 rings (SSSR count). The first-order valence-electron chi connectivity index (χ1n) is 6.32. The highest BCUT2D eigenvalue weighted by Gasteiger charge is 2.29. The molecule has 2 heteroatoms. The summed E-state index contributed by atoms with van der Waals surface area (Å²) in [6.07, 6.45) is 4.48. The molecule has 0 spiro atoms. The largest absolute Gasteiger partial charge is 0.334 e. The normalized spacial score (nSPS) is 19.4. The molecule has 1 saturated heterocycles. The number of carbonyl (C=O) groups is 1. The fourth-order valence-corrected chi connectivity index (χ4v) is 2.22. The monoisotopic (exact) mass is 223 g/mol. The van der Waals surface area contributed by atoms with Crippen LogP contribution in [0.25, 0.3) is 0 Å². The summed E-state index contributed by atoms with van der Waals surface area (Å²) in [5.74, 6) is 0.257. The van der Waals surface area contributed by atoms with Crippen molar-refractivity contribution in [3.8, 4) is 0 Å². The van der Waals surface area contributed by atoms with Crippen molar-refractivity contribution in [2.45, 2.75) is 65.8 Å². The lowest BCUT2D eigenvalue weighted by molar-refractivity contribution is -0.132. The zero-order valence-corrected chi connectivity index (χ0v) is 11.4. The van der Waals surface area contributed by atoms with Gasteiger partial charge >= 0.3 is 0 Å². The summed E-state index contributed by atoms with van der Waals surface area (Å²) < 4.78 is 0. The quantitative estimate of drug-likeness (QED) is 0.575. The fourth-order valence-electron chi connectivity index (χ4n) is 2.22. The van der Waals surface area contributed by atoms with Crippen LogP contribution < -0.4 is 0 Å². The Kier molecular flexibility index (Phi) is 4.17. The SMILES string of the molecule is CC(C)=C1CCCCCN(C(C)(C)C)C1=O. The maximum atomic E-state index is 12.5. The van der Waals surface area contributed by atoms with Crippen LogP contribution in [0.15, 0.2) is 11.1 Å². The zero-order valence-electron chi connectivity index (χ0n) is 11.4. The second kappa shape index (κ2) is 5.03. The van der Waals surface area contributed by atoms with Crippen molar-refractivity contribution in [2.24, 2.45) is 0 Å². The molecule has 0 aromatic carbocycles. The van der Waals surface area contributed by atoms with Gasteiger partial charge in [-0.1, -0.05) is 12.0 Å². The lowest BCUT2D eigenvalue weighted by Crippen LogP contribution is -2.47. The second-order valence-electron chi connectivity index (χ2n) is 5.92. The number of hydrogen-bond acceptors (Lipinski definition) is 1. The highest BCUT2D eigenvalue weighted by molar-refractivity contribution is 5.94. The molecular formula is C14H25NO. The van der Waals surface area contributed by atoms with Gasteiger partial charge in [-0.2, -0.15) is 0 Å². The molecule has 16 heavy (non-hydrogen) atoms. The van der Waals surface area contributed by atoms with Gasteiger partial charge in [0.25, 0.3) is 0 Å². The Morgan fingerprint density at radius 2 is 1.75 bits per heavy atom. The number of allylic oxidation sites excluding steroid dienone is 1. The van der Waals surface area contributed by atoms with E-state index in [-0.39, 0.29) is 11.4 Å². The van der Waals surface area contributed by atoms with Gasteiger partial charge in [0.2, 0.25) is 5.91 Å². The molecule has 0 atom stereocenters. The topological polar surface area (TPSA) is 20.3 Å². The molecule has 92 valence electrons. The number of rotatable bonds is 0. The Bertz CT molecular complexity index is 292. The molecule has 0 N–H and O–H groups in total. The van der Waals surface area contributed by atoms with Crippen LogP contribution in [0.3, 0.4) is 0 Å². The molecular weight excluding hydrogens is 198 g/mol. The Hall–Kier alpha value is -0.790. The molecule has 0 aromatic rings. The van der Waals surface area contributed by atoms with Gasteiger partial charge in [0, 0.05) is 17.7 Å². The van der Waals surface area contributed by atoms with Crippen LogP contribution >= 0.6 is 0 Å². The average Bonchev–Trinajstić information content (AvgIpc) is 2.08. The number of nitrogens with zero attached hydrogens (tertiary/aromatic N) is 1. The van der Waals surface area contributed by atoms with E-state index in [0.29, 0.717) is 0 Å². The maximum absolute atomic E-state index is 12.5. The molecule has 0 aromatic heterocycles. The minimum atomic E-state index is -0.0604. The van der Waals surface area contributed by atoms with Gasteiger partial charge < -0.3 is 4.90 Å². The van der Waals surface area contributed by atoms with E-state index in [2.05, 4.69) is 34.6 Å². The molecule has 1 aliphatic heterocycles. The van der Waals surface area contributed by atoms with Crippen molar-refractivity contribution in [3.05, 3.63) is 11.1 Å². The second-order valence-corrected chi connectivity index (χ2v) is 5.92. The molecule has 1 heterocycles. The molecule has 0 radical (unpaired) electrons. The molecule has 2 nitrogen and oxygen atoms in total. The summed E-state index contributed by atoms with van der Waals surface area (Å²) >= 11 is 0. The number of hydrogen-bond donors (Lipinski definition) is 0. The van der Waals surface area contributed by atoms with Crippen LogP contribution in [0.5, 0.6) is 0 Å². The minimum absolute atomic E-state index is 0.0604.